The highest BCUT2D eigenvalue weighted by Crippen LogP contribution is 2.21. The molecule has 1 amide bonds. The molecule has 0 aliphatic heterocycles. The second-order valence-electron chi connectivity index (χ2n) is 6.49. The number of amides is 1. The Morgan fingerprint density at radius 3 is 2.78 bits per heavy atom. The number of methoxy groups -OCH3 is 1. The van der Waals surface area contributed by atoms with Crippen LogP contribution >= 0.6 is 11.3 Å². The van der Waals surface area contributed by atoms with Gasteiger partial charge in [0.25, 0.3) is 5.91 Å². The minimum Gasteiger partial charge on any atom is -0.383 e. The van der Waals surface area contributed by atoms with E-state index in [0.717, 1.165) is 29.2 Å². The van der Waals surface area contributed by atoms with Gasteiger partial charge in [-0.1, -0.05) is 12.1 Å². The quantitative estimate of drug-likeness (QED) is 0.593. The number of hydrogen-bond donors (Lipinski definition) is 0. The lowest BCUT2D eigenvalue weighted by Crippen LogP contribution is -2.34. The van der Waals surface area contributed by atoms with Gasteiger partial charge in [0.1, 0.15) is 0 Å². The van der Waals surface area contributed by atoms with Gasteiger partial charge in [-0.05, 0) is 43.5 Å². The van der Waals surface area contributed by atoms with Crippen molar-refractivity contribution >= 4 is 17.2 Å². The molecule has 0 unspecified atom stereocenters. The van der Waals surface area contributed by atoms with Crippen molar-refractivity contribution in [3.05, 3.63) is 75.5 Å². The summed E-state index contributed by atoms with van der Waals surface area (Å²) in [5.74, 6) is 0.0169. The molecule has 0 aromatic carbocycles. The van der Waals surface area contributed by atoms with Crippen LogP contribution in [0.25, 0.3) is 0 Å². The summed E-state index contributed by atoms with van der Waals surface area (Å²) in [6.45, 7) is 6.35. The van der Waals surface area contributed by atoms with Crippen LogP contribution in [-0.4, -0.2) is 40.6 Å². The van der Waals surface area contributed by atoms with Gasteiger partial charge in [-0.15, -0.1) is 11.3 Å². The first kappa shape index (κ1) is 19.3. The van der Waals surface area contributed by atoms with Crippen LogP contribution in [0, 0.1) is 13.8 Å². The lowest BCUT2D eigenvalue weighted by atomic mass is 10.2. The molecule has 3 aromatic heterocycles. The number of hydrogen-bond acceptors (Lipinski definition) is 4. The van der Waals surface area contributed by atoms with Crippen LogP contribution in [0.5, 0.6) is 0 Å². The van der Waals surface area contributed by atoms with Crippen LogP contribution < -0.4 is 0 Å². The van der Waals surface area contributed by atoms with Crippen molar-refractivity contribution in [2.75, 3.05) is 20.3 Å². The molecule has 0 N–H and O–H groups in total. The second kappa shape index (κ2) is 8.97. The predicted molar refractivity (Wildman–Crippen MR) is 108 cm³/mol. The first-order valence-corrected chi connectivity index (χ1v) is 9.85. The highest BCUT2D eigenvalue weighted by molar-refractivity contribution is 7.09. The van der Waals surface area contributed by atoms with Crippen LogP contribution in [0.15, 0.2) is 48.0 Å². The fourth-order valence-electron chi connectivity index (χ4n) is 3.13. The Morgan fingerprint density at radius 1 is 1.26 bits per heavy atom. The fourth-order valence-corrected chi connectivity index (χ4v) is 3.82. The molecule has 0 saturated carbocycles. The summed E-state index contributed by atoms with van der Waals surface area (Å²) >= 11 is 1.73. The standard InChI is InChI=1S/C21H25N3O2S/c1-16-13-20(17(2)24(16)15-19-8-6-12-27-19)21(25)23(10-11-26-3)14-18-7-4-5-9-22-18/h4-9,12-13H,10-11,14-15H2,1-3H3. The Balaban J connectivity index is 1.84. The van der Waals surface area contributed by atoms with E-state index in [1.54, 1.807) is 24.6 Å². The van der Waals surface area contributed by atoms with E-state index in [0.29, 0.717) is 19.7 Å². The zero-order chi connectivity index (χ0) is 19.2. The number of carbonyl (C=O) groups excluding carboxylic acids is 1. The molecule has 0 fully saturated rings. The Hall–Kier alpha value is -2.44. The number of pyridine rings is 1. The van der Waals surface area contributed by atoms with Crippen LogP contribution in [0.4, 0.5) is 0 Å². The van der Waals surface area contributed by atoms with Crippen molar-refractivity contribution in [2.45, 2.75) is 26.9 Å². The van der Waals surface area contributed by atoms with Crippen molar-refractivity contribution in [1.29, 1.82) is 0 Å². The zero-order valence-electron chi connectivity index (χ0n) is 16.0. The van der Waals surface area contributed by atoms with Crippen molar-refractivity contribution in [3.63, 3.8) is 0 Å². The number of aromatic nitrogens is 2. The van der Waals surface area contributed by atoms with Crippen LogP contribution in [0.3, 0.4) is 0 Å². The average molecular weight is 384 g/mol. The second-order valence-corrected chi connectivity index (χ2v) is 7.52. The third-order valence-electron chi connectivity index (χ3n) is 4.63. The molecule has 3 heterocycles. The Labute approximate surface area is 164 Å². The summed E-state index contributed by atoms with van der Waals surface area (Å²) < 4.78 is 7.41. The van der Waals surface area contributed by atoms with E-state index in [1.165, 1.54) is 4.88 Å². The van der Waals surface area contributed by atoms with Gasteiger partial charge in [-0.25, -0.2) is 0 Å². The van der Waals surface area contributed by atoms with E-state index in [9.17, 15) is 4.79 Å². The normalized spacial score (nSPS) is 10.9. The smallest absolute Gasteiger partial charge is 0.256 e. The van der Waals surface area contributed by atoms with E-state index in [2.05, 4.69) is 34.0 Å². The third-order valence-corrected chi connectivity index (χ3v) is 5.49. The molecule has 0 bridgehead atoms. The lowest BCUT2D eigenvalue weighted by Gasteiger charge is -2.22. The van der Waals surface area contributed by atoms with Crippen LogP contribution in [0.1, 0.15) is 32.3 Å². The summed E-state index contributed by atoms with van der Waals surface area (Å²) in [4.78, 5) is 20.7. The van der Waals surface area contributed by atoms with Gasteiger partial charge in [0.15, 0.2) is 0 Å². The number of carbonyl (C=O) groups is 1. The van der Waals surface area contributed by atoms with E-state index >= 15 is 0 Å². The first-order valence-electron chi connectivity index (χ1n) is 8.97. The maximum absolute atomic E-state index is 13.3. The number of ether oxygens (including phenoxy) is 1. The lowest BCUT2D eigenvalue weighted by molar-refractivity contribution is 0.0677. The summed E-state index contributed by atoms with van der Waals surface area (Å²) in [6, 6.07) is 11.9. The number of thiophene rings is 1. The summed E-state index contributed by atoms with van der Waals surface area (Å²) in [6.07, 6.45) is 1.75. The van der Waals surface area contributed by atoms with E-state index in [4.69, 9.17) is 4.74 Å². The number of aryl methyl sites for hydroxylation is 1. The summed E-state index contributed by atoms with van der Waals surface area (Å²) in [5.41, 5.74) is 3.70. The molecule has 0 aliphatic rings. The molecule has 6 heteroatoms. The van der Waals surface area contributed by atoms with Crippen molar-refractivity contribution in [3.8, 4) is 0 Å². The molecule has 0 aliphatic carbocycles. The molecular weight excluding hydrogens is 358 g/mol. The van der Waals surface area contributed by atoms with Gasteiger partial charge in [-0.2, -0.15) is 0 Å². The van der Waals surface area contributed by atoms with Crippen molar-refractivity contribution in [2.24, 2.45) is 0 Å². The van der Waals surface area contributed by atoms with Gasteiger partial charge < -0.3 is 14.2 Å². The Morgan fingerprint density at radius 2 is 2.11 bits per heavy atom. The molecule has 27 heavy (non-hydrogen) atoms. The summed E-state index contributed by atoms with van der Waals surface area (Å²) in [5, 5.41) is 2.08. The fraction of sp³-hybridized carbons (Fsp3) is 0.333. The summed E-state index contributed by atoms with van der Waals surface area (Å²) in [7, 11) is 1.65. The zero-order valence-corrected chi connectivity index (χ0v) is 16.8. The predicted octanol–water partition coefficient (Wildman–Crippen LogP) is 3.90. The molecule has 3 aromatic rings. The molecule has 142 valence electrons. The van der Waals surface area contributed by atoms with Gasteiger partial charge >= 0.3 is 0 Å². The van der Waals surface area contributed by atoms with Crippen molar-refractivity contribution < 1.29 is 9.53 Å². The first-order chi connectivity index (χ1) is 13.1. The van der Waals surface area contributed by atoms with Crippen molar-refractivity contribution in [1.82, 2.24) is 14.5 Å². The monoisotopic (exact) mass is 383 g/mol. The Kier molecular flexibility index (Phi) is 6.42. The van der Waals surface area contributed by atoms with Crippen LogP contribution in [0.2, 0.25) is 0 Å². The molecule has 0 radical (unpaired) electrons. The molecule has 0 spiro atoms. The van der Waals surface area contributed by atoms with E-state index in [-0.39, 0.29) is 5.91 Å². The number of rotatable bonds is 8. The molecule has 0 saturated heterocycles. The molecular formula is C21H25N3O2S. The highest BCUT2D eigenvalue weighted by Gasteiger charge is 2.22. The molecule has 5 nitrogen and oxygen atoms in total. The average Bonchev–Trinajstić information content (AvgIpc) is 3.29. The van der Waals surface area contributed by atoms with Gasteiger partial charge in [-0.3, -0.25) is 9.78 Å². The minimum absolute atomic E-state index is 0.0169. The highest BCUT2D eigenvalue weighted by atomic mass is 32.1. The van der Waals surface area contributed by atoms with Gasteiger partial charge in [0.05, 0.1) is 31.0 Å². The minimum atomic E-state index is 0.0169. The number of nitrogens with zero attached hydrogens (tertiary/aromatic N) is 3. The topological polar surface area (TPSA) is 47.4 Å². The SMILES string of the molecule is COCCN(Cc1ccccn1)C(=O)c1cc(C)n(Cc2cccs2)c1C. The molecule has 3 rings (SSSR count). The van der Waals surface area contributed by atoms with Gasteiger partial charge in [0, 0.05) is 36.1 Å². The van der Waals surface area contributed by atoms with Crippen LogP contribution in [-0.2, 0) is 17.8 Å². The third kappa shape index (κ3) is 4.64. The largest absolute Gasteiger partial charge is 0.383 e. The maximum Gasteiger partial charge on any atom is 0.256 e. The van der Waals surface area contributed by atoms with Gasteiger partial charge in [0.2, 0.25) is 0 Å². The van der Waals surface area contributed by atoms with E-state index < -0.39 is 0 Å². The maximum atomic E-state index is 13.3. The molecule has 0 atom stereocenters. The Bertz CT molecular complexity index is 872. The van der Waals surface area contributed by atoms with E-state index in [1.807, 2.05) is 36.1 Å².